The predicted molar refractivity (Wildman–Crippen MR) is 72.1 cm³/mol. The summed E-state index contributed by atoms with van der Waals surface area (Å²) in [5, 5.41) is 3.38. The van der Waals surface area contributed by atoms with Gasteiger partial charge in [0, 0.05) is 52.4 Å². The summed E-state index contributed by atoms with van der Waals surface area (Å²) in [6.07, 6.45) is 0. The van der Waals surface area contributed by atoms with E-state index in [0.717, 1.165) is 65.6 Å². The summed E-state index contributed by atoms with van der Waals surface area (Å²) in [6.45, 7) is 10.2. The van der Waals surface area contributed by atoms with Crippen molar-refractivity contribution in [1.29, 1.82) is 0 Å². The van der Waals surface area contributed by atoms with Gasteiger partial charge in [0.25, 0.3) is 0 Å². The van der Waals surface area contributed by atoms with Gasteiger partial charge in [-0.2, -0.15) is 0 Å². The van der Waals surface area contributed by atoms with Crippen LogP contribution in [0.15, 0.2) is 0 Å². The second-order valence-corrected chi connectivity index (χ2v) is 5.63. The van der Waals surface area contributed by atoms with Crippen LogP contribution < -0.4 is 5.32 Å². The number of morpholine rings is 1. The van der Waals surface area contributed by atoms with E-state index in [-0.39, 0.29) is 0 Å². The average Bonchev–Trinajstić information content (AvgIpc) is 2.46. The fourth-order valence-corrected chi connectivity index (χ4v) is 3.18. The first-order valence-corrected chi connectivity index (χ1v) is 7.35. The largest absolute Gasteiger partial charge is 0.379 e. The first-order valence-electron chi connectivity index (χ1n) is 7.35. The molecular formula is C13H24N4O2. The fraction of sp³-hybridized carbons (Fsp3) is 0.923. The lowest BCUT2D eigenvalue weighted by molar-refractivity contribution is -0.141. The highest BCUT2D eigenvalue weighted by atomic mass is 16.5. The third-order valence-electron chi connectivity index (χ3n) is 4.33. The molecule has 0 aromatic heterocycles. The number of carbonyl (C=O) groups excluding carboxylic acids is 1. The van der Waals surface area contributed by atoms with Crippen LogP contribution in [0.2, 0.25) is 0 Å². The van der Waals surface area contributed by atoms with E-state index < -0.39 is 0 Å². The van der Waals surface area contributed by atoms with Crippen LogP contribution in [0.3, 0.4) is 0 Å². The second kappa shape index (κ2) is 6.17. The fourth-order valence-electron chi connectivity index (χ4n) is 3.18. The van der Waals surface area contributed by atoms with E-state index in [1.807, 2.05) is 0 Å². The number of fused-ring (bicyclic) bond motifs is 1. The summed E-state index contributed by atoms with van der Waals surface area (Å²) in [4.78, 5) is 18.9. The Morgan fingerprint density at radius 1 is 1.16 bits per heavy atom. The minimum atomic E-state index is 0.305. The number of nitrogens with one attached hydrogen (secondary N) is 1. The van der Waals surface area contributed by atoms with E-state index in [9.17, 15) is 4.79 Å². The molecule has 3 heterocycles. The maximum atomic E-state index is 12.1. The molecule has 3 fully saturated rings. The summed E-state index contributed by atoms with van der Waals surface area (Å²) in [5.41, 5.74) is 0. The number of nitrogens with zero attached hydrogens (tertiary/aromatic N) is 3. The van der Waals surface area contributed by atoms with E-state index in [1.54, 1.807) is 0 Å². The Morgan fingerprint density at radius 2 is 1.95 bits per heavy atom. The van der Waals surface area contributed by atoms with Crippen LogP contribution in [0.5, 0.6) is 0 Å². The number of amides is 1. The van der Waals surface area contributed by atoms with E-state index in [2.05, 4.69) is 20.0 Å². The van der Waals surface area contributed by atoms with Crippen LogP contribution >= 0.6 is 0 Å². The summed E-state index contributed by atoms with van der Waals surface area (Å²) >= 11 is 0. The van der Waals surface area contributed by atoms with Gasteiger partial charge >= 0.3 is 0 Å². The number of hydrogen-bond acceptors (Lipinski definition) is 5. The van der Waals surface area contributed by atoms with Crippen molar-refractivity contribution in [2.45, 2.75) is 6.04 Å². The van der Waals surface area contributed by atoms with Gasteiger partial charge in [0.1, 0.15) is 0 Å². The van der Waals surface area contributed by atoms with Crippen molar-refractivity contribution in [2.24, 2.45) is 0 Å². The minimum Gasteiger partial charge on any atom is -0.379 e. The number of ether oxygens (including phenoxy) is 1. The first kappa shape index (κ1) is 13.3. The summed E-state index contributed by atoms with van der Waals surface area (Å²) in [5.74, 6) is 0.305. The average molecular weight is 268 g/mol. The van der Waals surface area contributed by atoms with Gasteiger partial charge in [-0.05, 0) is 0 Å². The van der Waals surface area contributed by atoms with Gasteiger partial charge < -0.3 is 15.0 Å². The standard InChI is InChI=1S/C13H24N4O2/c18-13-11-16(4-3-15-5-7-19-8-6-15)10-12-9-14-1-2-17(12)13/h12,14H,1-11H2. The molecule has 3 aliphatic rings. The maximum Gasteiger partial charge on any atom is 0.237 e. The molecular weight excluding hydrogens is 244 g/mol. The maximum absolute atomic E-state index is 12.1. The van der Waals surface area contributed by atoms with E-state index in [0.29, 0.717) is 18.5 Å². The molecule has 1 N–H and O–H groups in total. The lowest BCUT2D eigenvalue weighted by Gasteiger charge is -2.44. The molecule has 0 bridgehead atoms. The van der Waals surface area contributed by atoms with Gasteiger partial charge in [0.15, 0.2) is 0 Å². The molecule has 0 aromatic carbocycles. The Balaban J connectivity index is 1.47. The number of piperazine rings is 2. The van der Waals surface area contributed by atoms with Crippen molar-refractivity contribution >= 4 is 5.91 Å². The van der Waals surface area contributed by atoms with Crippen LogP contribution in [0, 0.1) is 0 Å². The summed E-state index contributed by atoms with van der Waals surface area (Å²) in [6, 6.07) is 0.375. The molecule has 0 saturated carbocycles. The molecule has 3 aliphatic heterocycles. The smallest absolute Gasteiger partial charge is 0.237 e. The Morgan fingerprint density at radius 3 is 2.79 bits per heavy atom. The van der Waals surface area contributed by atoms with Gasteiger partial charge in [0.2, 0.25) is 5.91 Å². The molecule has 0 aromatic rings. The third kappa shape index (κ3) is 3.25. The Labute approximate surface area is 114 Å². The van der Waals surface area contributed by atoms with Crippen molar-refractivity contribution in [3.05, 3.63) is 0 Å². The highest BCUT2D eigenvalue weighted by Crippen LogP contribution is 2.12. The predicted octanol–water partition coefficient (Wildman–Crippen LogP) is -1.57. The summed E-state index contributed by atoms with van der Waals surface area (Å²) in [7, 11) is 0. The van der Waals surface area contributed by atoms with Gasteiger partial charge in [-0.1, -0.05) is 0 Å². The number of carbonyl (C=O) groups is 1. The molecule has 108 valence electrons. The van der Waals surface area contributed by atoms with E-state index in [1.165, 1.54) is 0 Å². The lowest BCUT2D eigenvalue weighted by Crippen LogP contribution is -2.64. The Hall–Kier alpha value is -0.690. The Bertz CT molecular complexity index is 320. The van der Waals surface area contributed by atoms with Crippen molar-refractivity contribution in [3.8, 4) is 0 Å². The topological polar surface area (TPSA) is 48.1 Å². The van der Waals surface area contributed by atoms with Crippen LogP contribution in [-0.4, -0.2) is 98.8 Å². The number of hydrogen-bond donors (Lipinski definition) is 1. The van der Waals surface area contributed by atoms with E-state index >= 15 is 0 Å². The molecule has 0 aliphatic carbocycles. The third-order valence-corrected chi connectivity index (χ3v) is 4.33. The highest BCUT2D eigenvalue weighted by molar-refractivity contribution is 5.79. The first-order chi connectivity index (χ1) is 9.33. The monoisotopic (exact) mass is 268 g/mol. The molecule has 0 radical (unpaired) electrons. The second-order valence-electron chi connectivity index (χ2n) is 5.63. The van der Waals surface area contributed by atoms with Gasteiger partial charge in [-0.3, -0.25) is 14.6 Å². The molecule has 6 nitrogen and oxygen atoms in total. The molecule has 3 rings (SSSR count). The quantitative estimate of drug-likeness (QED) is 0.670. The molecule has 19 heavy (non-hydrogen) atoms. The van der Waals surface area contributed by atoms with E-state index in [4.69, 9.17) is 4.74 Å². The zero-order valence-corrected chi connectivity index (χ0v) is 11.5. The van der Waals surface area contributed by atoms with Crippen molar-refractivity contribution < 1.29 is 9.53 Å². The molecule has 6 heteroatoms. The number of rotatable bonds is 3. The van der Waals surface area contributed by atoms with Crippen LogP contribution in [0.25, 0.3) is 0 Å². The lowest BCUT2D eigenvalue weighted by atomic mass is 10.1. The minimum absolute atomic E-state index is 0.305. The molecule has 0 spiro atoms. The molecule has 3 saturated heterocycles. The van der Waals surface area contributed by atoms with Crippen LogP contribution in [-0.2, 0) is 9.53 Å². The highest BCUT2D eigenvalue weighted by Gasteiger charge is 2.33. The zero-order chi connectivity index (χ0) is 13.1. The van der Waals surface area contributed by atoms with Gasteiger partial charge in [-0.15, -0.1) is 0 Å². The van der Waals surface area contributed by atoms with Crippen LogP contribution in [0.4, 0.5) is 0 Å². The van der Waals surface area contributed by atoms with Crippen molar-refractivity contribution in [3.63, 3.8) is 0 Å². The Kier molecular flexibility index (Phi) is 4.32. The van der Waals surface area contributed by atoms with Crippen molar-refractivity contribution in [1.82, 2.24) is 20.0 Å². The van der Waals surface area contributed by atoms with Gasteiger partial charge in [0.05, 0.1) is 25.8 Å². The van der Waals surface area contributed by atoms with Crippen LogP contribution in [0.1, 0.15) is 0 Å². The SMILES string of the molecule is O=C1CN(CCN2CCOCC2)CC2CNCCN12. The zero-order valence-electron chi connectivity index (χ0n) is 11.5. The summed E-state index contributed by atoms with van der Waals surface area (Å²) < 4.78 is 5.35. The molecule has 1 atom stereocenters. The molecule has 1 amide bonds. The van der Waals surface area contributed by atoms with Crippen molar-refractivity contribution in [2.75, 3.05) is 72.1 Å². The normalized spacial score (nSPS) is 30.4. The van der Waals surface area contributed by atoms with Gasteiger partial charge in [-0.25, -0.2) is 0 Å². The molecule has 1 unspecified atom stereocenters.